The number of carbonyl (C=O) groups excluding carboxylic acids is 1. The Kier molecular flexibility index (Phi) is 4.50. The second-order valence-corrected chi connectivity index (χ2v) is 8.09. The minimum atomic E-state index is -0.395. The van der Waals surface area contributed by atoms with E-state index in [1.54, 1.807) is 7.11 Å². The standard InChI is InChI=1S/C26H24O4/c1-17-7-8-18(21-5-3-4-6-22(21)28-2)13-19(17)14-25(27)26(11-12-26)20-9-10-23-24(15-20)30-16-29-23/h3-10,13,15H,11-12,14,16H2,1-2H3. The number of hydrogen-bond donors (Lipinski definition) is 0. The van der Waals surface area contributed by atoms with E-state index in [4.69, 9.17) is 14.2 Å². The zero-order valence-electron chi connectivity index (χ0n) is 17.2. The SMILES string of the molecule is COc1ccccc1-c1ccc(C)c(CC(=O)C2(c3ccc4c(c3)OCO4)CC2)c1. The molecule has 2 aliphatic rings. The van der Waals surface area contributed by atoms with Gasteiger partial charge >= 0.3 is 0 Å². The van der Waals surface area contributed by atoms with E-state index in [9.17, 15) is 4.79 Å². The van der Waals surface area contributed by atoms with Crippen LogP contribution in [0.5, 0.6) is 17.2 Å². The summed E-state index contributed by atoms with van der Waals surface area (Å²) in [5.74, 6) is 2.59. The quantitative estimate of drug-likeness (QED) is 0.567. The van der Waals surface area contributed by atoms with Gasteiger partial charge in [0, 0.05) is 12.0 Å². The van der Waals surface area contributed by atoms with Crippen molar-refractivity contribution in [3.8, 4) is 28.4 Å². The molecule has 5 rings (SSSR count). The molecule has 1 heterocycles. The highest BCUT2D eigenvalue weighted by atomic mass is 16.7. The number of hydrogen-bond acceptors (Lipinski definition) is 4. The van der Waals surface area contributed by atoms with Crippen LogP contribution < -0.4 is 14.2 Å². The van der Waals surface area contributed by atoms with Crippen LogP contribution in [0, 0.1) is 6.92 Å². The van der Waals surface area contributed by atoms with Crippen LogP contribution in [0.4, 0.5) is 0 Å². The van der Waals surface area contributed by atoms with Crippen molar-refractivity contribution in [3.63, 3.8) is 0 Å². The van der Waals surface area contributed by atoms with Crippen molar-refractivity contribution in [3.05, 3.63) is 77.4 Å². The predicted octanol–water partition coefficient (Wildman–Crippen LogP) is 5.24. The molecular formula is C26H24O4. The molecule has 0 aromatic heterocycles. The van der Waals surface area contributed by atoms with Crippen LogP contribution in [0.15, 0.2) is 60.7 Å². The number of carbonyl (C=O) groups is 1. The Morgan fingerprint density at radius 1 is 1.00 bits per heavy atom. The number of para-hydroxylation sites is 1. The van der Waals surface area contributed by atoms with E-state index in [0.717, 1.165) is 57.9 Å². The summed E-state index contributed by atoms with van der Waals surface area (Å²) in [6, 6.07) is 20.2. The van der Waals surface area contributed by atoms with E-state index in [-0.39, 0.29) is 12.6 Å². The van der Waals surface area contributed by atoms with E-state index in [2.05, 4.69) is 25.1 Å². The Bertz CT molecular complexity index is 1130. The van der Waals surface area contributed by atoms with E-state index < -0.39 is 5.41 Å². The molecule has 1 fully saturated rings. The third-order valence-corrected chi connectivity index (χ3v) is 6.33. The lowest BCUT2D eigenvalue weighted by molar-refractivity contribution is -0.120. The fourth-order valence-corrected chi connectivity index (χ4v) is 4.30. The number of benzene rings is 3. The Labute approximate surface area is 176 Å². The summed E-state index contributed by atoms with van der Waals surface area (Å²) in [6.07, 6.45) is 2.19. The normalized spacial score (nSPS) is 15.7. The van der Waals surface area contributed by atoms with Crippen LogP contribution in [0.1, 0.15) is 29.5 Å². The number of Topliss-reactive ketones (excluding diaryl/α,β-unsaturated/α-hetero) is 1. The molecule has 1 aliphatic carbocycles. The van der Waals surface area contributed by atoms with E-state index in [0.29, 0.717) is 6.42 Å². The molecule has 3 aromatic rings. The van der Waals surface area contributed by atoms with Crippen LogP contribution in [0.25, 0.3) is 11.1 Å². The summed E-state index contributed by atoms with van der Waals surface area (Å²) in [5, 5.41) is 0. The molecule has 3 aromatic carbocycles. The number of fused-ring (bicyclic) bond motifs is 1. The Morgan fingerprint density at radius 3 is 2.60 bits per heavy atom. The van der Waals surface area contributed by atoms with Crippen LogP contribution in [-0.2, 0) is 16.6 Å². The molecule has 0 N–H and O–H groups in total. The maximum Gasteiger partial charge on any atom is 0.231 e. The smallest absolute Gasteiger partial charge is 0.231 e. The maximum absolute atomic E-state index is 13.4. The van der Waals surface area contributed by atoms with E-state index >= 15 is 0 Å². The van der Waals surface area contributed by atoms with E-state index in [1.807, 2.05) is 42.5 Å². The van der Waals surface area contributed by atoms with Gasteiger partial charge in [-0.25, -0.2) is 0 Å². The average molecular weight is 400 g/mol. The van der Waals surface area contributed by atoms with Gasteiger partial charge in [0.15, 0.2) is 11.5 Å². The lowest BCUT2D eigenvalue weighted by Gasteiger charge is -2.17. The average Bonchev–Trinajstić information content (AvgIpc) is 3.46. The minimum Gasteiger partial charge on any atom is -0.496 e. The van der Waals surface area contributed by atoms with Gasteiger partial charge in [-0.15, -0.1) is 0 Å². The molecule has 0 atom stereocenters. The minimum absolute atomic E-state index is 0.245. The summed E-state index contributed by atoms with van der Waals surface area (Å²) in [6.45, 7) is 2.31. The van der Waals surface area contributed by atoms with Crippen LogP contribution in [-0.4, -0.2) is 19.7 Å². The highest BCUT2D eigenvalue weighted by Gasteiger charge is 2.50. The molecule has 4 nitrogen and oxygen atoms in total. The molecule has 0 amide bonds. The third kappa shape index (κ3) is 3.13. The third-order valence-electron chi connectivity index (χ3n) is 6.33. The zero-order valence-corrected chi connectivity index (χ0v) is 17.2. The molecule has 0 bridgehead atoms. The number of methoxy groups -OCH3 is 1. The van der Waals surface area contributed by atoms with Crippen LogP contribution in [0.3, 0.4) is 0 Å². The zero-order chi connectivity index (χ0) is 20.7. The predicted molar refractivity (Wildman–Crippen MR) is 115 cm³/mol. The first kappa shape index (κ1) is 18.7. The lowest BCUT2D eigenvalue weighted by atomic mass is 9.86. The van der Waals surface area contributed by atoms with Gasteiger partial charge < -0.3 is 14.2 Å². The molecule has 30 heavy (non-hydrogen) atoms. The summed E-state index contributed by atoms with van der Waals surface area (Å²) >= 11 is 0. The van der Waals surface area contributed by atoms with Gasteiger partial charge in [0.2, 0.25) is 6.79 Å². The fourth-order valence-electron chi connectivity index (χ4n) is 4.30. The van der Waals surface area contributed by atoms with Gasteiger partial charge in [-0.1, -0.05) is 42.5 Å². The number of ketones is 1. The molecule has 0 saturated heterocycles. The molecular weight excluding hydrogens is 376 g/mol. The first-order valence-corrected chi connectivity index (χ1v) is 10.3. The Morgan fingerprint density at radius 2 is 1.80 bits per heavy atom. The molecule has 0 unspecified atom stereocenters. The topological polar surface area (TPSA) is 44.8 Å². The lowest BCUT2D eigenvalue weighted by Crippen LogP contribution is -2.22. The molecule has 1 saturated carbocycles. The van der Waals surface area contributed by atoms with E-state index in [1.165, 1.54) is 0 Å². The van der Waals surface area contributed by atoms with Crippen LogP contribution >= 0.6 is 0 Å². The fraction of sp³-hybridized carbons (Fsp3) is 0.269. The van der Waals surface area contributed by atoms with Crippen molar-refractivity contribution in [1.29, 1.82) is 0 Å². The molecule has 152 valence electrons. The summed E-state index contributed by atoms with van der Waals surface area (Å²) < 4.78 is 16.5. The Hall–Kier alpha value is -3.27. The van der Waals surface area contributed by atoms with Gasteiger partial charge in [0.05, 0.1) is 12.5 Å². The molecule has 0 spiro atoms. The second kappa shape index (κ2) is 7.21. The Balaban J connectivity index is 1.44. The van der Waals surface area contributed by atoms with Crippen molar-refractivity contribution in [2.24, 2.45) is 0 Å². The highest BCUT2D eigenvalue weighted by molar-refractivity contribution is 5.95. The van der Waals surface area contributed by atoms with Gasteiger partial charge in [-0.3, -0.25) is 4.79 Å². The van der Waals surface area contributed by atoms with Crippen molar-refractivity contribution in [2.75, 3.05) is 13.9 Å². The number of aryl methyl sites for hydroxylation is 1. The number of rotatable bonds is 6. The van der Waals surface area contributed by atoms with Gasteiger partial charge in [0.1, 0.15) is 11.5 Å². The van der Waals surface area contributed by atoms with Gasteiger partial charge in [-0.05, 0) is 60.2 Å². The molecule has 1 aliphatic heterocycles. The van der Waals surface area contributed by atoms with Crippen molar-refractivity contribution < 1.29 is 19.0 Å². The first-order valence-electron chi connectivity index (χ1n) is 10.3. The van der Waals surface area contributed by atoms with Gasteiger partial charge in [-0.2, -0.15) is 0 Å². The van der Waals surface area contributed by atoms with Crippen molar-refractivity contribution in [2.45, 2.75) is 31.6 Å². The highest BCUT2D eigenvalue weighted by Crippen LogP contribution is 2.51. The summed E-state index contributed by atoms with van der Waals surface area (Å²) in [7, 11) is 1.68. The first-order chi connectivity index (χ1) is 14.6. The summed E-state index contributed by atoms with van der Waals surface area (Å²) in [4.78, 5) is 13.4. The second-order valence-electron chi connectivity index (χ2n) is 8.09. The summed E-state index contributed by atoms with van der Waals surface area (Å²) in [5.41, 5.74) is 4.93. The monoisotopic (exact) mass is 400 g/mol. The van der Waals surface area contributed by atoms with Crippen molar-refractivity contribution in [1.82, 2.24) is 0 Å². The maximum atomic E-state index is 13.4. The van der Waals surface area contributed by atoms with Crippen LogP contribution in [0.2, 0.25) is 0 Å². The molecule has 4 heteroatoms. The number of ether oxygens (including phenoxy) is 3. The van der Waals surface area contributed by atoms with Gasteiger partial charge in [0.25, 0.3) is 0 Å². The largest absolute Gasteiger partial charge is 0.496 e. The van der Waals surface area contributed by atoms with Crippen molar-refractivity contribution >= 4 is 5.78 Å². The molecule has 0 radical (unpaired) electrons.